The van der Waals surface area contributed by atoms with Gasteiger partial charge in [-0.3, -0.25) is 9.59 Å². The molecule has 0 aromatic heterocycles. The van der Waals surface area contributed by atoms with E-state index in [-0.39, 0.29) is 35.6 Å². The molecule has 0 spiro atoms. The summed E-state index contributed by atoms with van der Waals surface area (Å²) in [5, 5.41) is 10.6. The molecule has 3 fully saturated rings. The Morgan fingerprint density at radius 2 is 1.83 bits per heavy atom. The molecule has 0 unspecified atom stereocenters. The van der Waals surface area contributed by atoms with Gasteiger partial charge in [-0.05, 0) is 105 Å². The zero-order chi connectivity index (χ0) is 21.7. The van der Waals surface area contributed by atoms with Crippen molar-refractivity contribution in [3.8, 4) is 0 Å². The van der Waals surface area contributed by atoms with Crippen molar-refractivity contribution in [2.75, 3.05) is 0 Å². The van der Waals surface area contributed by atoms with Gasteiger partial charge in [-0.1, -0.05) is 19.9 Å². The van der Waals surface area contributed by atoms with Gasteiger partial charge in [0.25, 0.3) is 0 Å². The van der Waals surface area contributed by atoms with Crippen LogP contribution in [0.25, 0.3) is 0 Å². The van der Waals surface area contributed by atoms with Gasteiger partial charge in [0.2, 0.25) is 0 Å². The number of carbonyl (C=O) groups excluding carboxylic acids is 3. The molecule has 30 heavy (non-hydrogen) atoms. The molecule has 0 N–H and O–H groups in total. The van der Waals surface area contributed by atoms with Crippen LogP contribution >= 0.6 is 0 Å². The van der Waals surface area contributed by atoms with Crippen LogP contribution in [0.3, 0.4) is 0 Å². The monoisotopic (exact) mass is 415 g/mol. The van der Waals surface area contributed by atoms with Crippen molar-refractivity contribution < 1.29 is 24.2 Å². The van der Waals surface area contributed by atoms with E-state index in [2.05, 4.69) is 19.9 Å². The number of carboxylic acid groups (broad SMARTS) is 1. The van der Waals surface area contributed by atoms with Crippen molar-refractivity contribution in [3.05, 3.63) is 11.6 Å². The summed E-state index contributed by atoms with van der Waals surface area (Å²) < 4.78 is 5.62. The van der Waals surface area contributed by atoms with Gasteiger partial charge in [0, 0.05) is 5.97 Å². The molecular weight excluding hydrogens is 380 g/mol. The number of fused-ring (bicyclic) bond motifs is 5. The topological polar surface area (TPSA) is 83.5 Å². The first kappa shape index (κ1) is 21.6. The Morgan fingerprint density at radius 1 is 1.07 bits per heavy atom. The summed E-state index contributed by atoms with van der Waals surface area (Å²) in [6.45, 7) is 6.50. The Morgan fingerprint density at radius 3 is 2.53 bits per heavy atom. The number of allylic oxidation sites excluding steroid dienone is 2. The van der Waals surface area contributed by atoms with Crippen molar-refractivity contribution in [1.82, 2.24) is 0 Å². The first-order chi connectivity index (χ1) is 14.1. The summed E-state index contributed by atoms with van der Waals surface area (Å²) in [4.78, 5) is 34.8. The van der Waals surface area contributed by atoms with Crippen LogP contribution in [0.5, 0.6) is 0 Å². The van der Waals surface area contributed by atoms with Crippen LogP contribution in [0.4, 0.5) is 0 Å². The number of hydrogen-bond donors (Lipinski definition) is 0. The first-order valence-corrected chi connectivity index (χ1v) is 11.8. The lowest BCUT2D eigenvalue weighted by molar-refractivity contribution is -0.305. The number of ketones is 1. The lowest BCUT2D eigenvalue weighted by atomic mass is 9.44. The van der Waals surface area contributed by atoms with E-state index >= 15 is 0 Å². The van der Waals surface area contributed by atoms with E-state index < -0.39 is 11.9 Å². The molecule has 0 aliphatic heterocycles. The summed E-state index contributed by atoms with van der Waals surface area (Å²) in [6.07, 6.45) is 10.3. The predicted octanol–water partition coefficient (Wildman–Crippen LogP) is 3.60. The van der Waals surface area contributed by atoms with Crippen LogP contribution in [0.15, 0.2) is 11.6 Å². The Bertz CT molecular complexity index is 770. The first-order valence-electron chi connectivity index (χ1n) is 11.8. The molecule has 3 saturated carbocycles. The second kappa shape index (κ2) is 7.80. The maximum atomic E-state index is 12.2. The number of carbonyl (C=O) groups is 3. The Hall–Kier alpha value is -1.65. The van der Waals surface area contributed by atoms with E-state index in [4.69, 9.17) is 4.74 Å². The number of rotatable bonds is 5. The van der Waals surface area contributed by atoms with Crippen molar-refractivity contribution in [2.45, 2.75) is 91.1 Å². The van der Waals surface area contributed by atoms with Crippen molar-refractivity contribution >= 4 is 17.7 Å². The summed E-state index contributed by atoms with van der Waals surface area (Å²) in [5.74, 6) is 1.14. The largest absolute Gasteiger partial charge is 0.550 e. The number of ether oxygens (including phenoxy) is 1. The molecule has 0 heterocycles. The molecule has 0 bridgehead atoms. The summed E-state index contributed by atoms with van der Waals surface area (Å²) in [5.41, 5.74) is 1.41. The summed E-state index contributed by atoms with van der Waals surface area (Å²) in [7, 11) is 0. The van der Waals surface area contributed by atoms with Gasteiger partial charge in [-0.15, -0.1) is 0 Å². The average Bonchev–Trinajstić information content (AvgIpc) is 3.04. The second-order valence-electron chi connectivity index (χ2n) is 10.8. The highest BCUT2D eigenvalue weighted by Crippen LogP contribution is 2.66. The smallest absolute Gasteiger partial charge is 0.306 e. The van der Waals surface area contributed by atoms with Crippen molar-refractivity contribution in [3.63, 3.8) is 0 Å². The highest BCUT2D eigenvalue weighted by molar-refractivity contribution is 5.95. The van der Waals surface area contributed by atoms with Crippen LogP contribution in [-0.2, 0) is 19.1 Å². The number of Topliss-reactive ketones (excluding diaryl/α,β-unsaturated/α-hetero) is 1. The number of carboxylic acids is 1. The molecular formula is C25H35O5-. The molecule has 4 aliphatic rings. The van der Waals surface area contributed by atoms with Gasteiger partial charge in [0.05, 0.1) is 6.42 Å². The molecule has 4 rings (SSSR count). The highest BCUT2D eigenvalue weighted by Gasteiger charge is 2.59. The molecule has 5 heteroatoms. The van der Waals surface area contributed by atoms with E-state index in [9.17, 15) is 19.5 Å². The van der Waals surface area contributed by atoms with Gasteiger partial charge in [-0.25, -0.2) is 0 Å². The Labute approximate surface area is 179 Å². The molecule has 0 radical (unpaired) electrons. The third kappa shape index (κ3) is 3.52. The normalized spacial score (nSPS) is 42.4. The van der Waals surface area contributed by atoms with Crippen LogP contribution in [0, 0.1) is 34.5 Å². The fourth-order valence-electron chi connectivity index (χ4n) is 7.89. The van der Waals surface area contributed by atoms with Crippen LogP contribution in [0.2, 0.25) is 0 Å². The van der Waals surface area contributed by atoms with Gasteiger partial charge in [0.1, 0.15) is 6.10 Å². The van der Waals surface area contributed by atoms with Gasteiger partial charge in [0.15, 0.2) is 5.78 Å². The summed E-state index contributed by atoms with van der Waals surface area (Å²) >= 11 is 0. The third-order valence-corrected chi connectivity index (χ3v) is 9.41. The molecule has 0 aromatic carbocycles. The van der Waals surface area contributed by atoms with E-state index in [0.717, 1.165) is 44.1 Å². The minimum Gasteiger partial charge on any atom is -0.550 e. The molecule has 166 valence electrons. The zero-order valence-corrected chi connectivity index (χ0v) is 18.6. The number of aliphatic carboxylic acids is 1. The van der Waals surface area contributed by atoms with Gasteiger partial charge in [-0.2, -0.15) is 0 Å². The maximum absolute atomic E-state index is 12.2. The molecule has 7 atom stereocenters. The van der Waals surface area contributed by atoms with E-state index in [0.29, 0.717) is 23.7 Å². The Balaban J connectivity index is 1.42. The van der Waals surface area contributed by atoms with Gasteiger partial charge < -0.3 is 14.6 Å². The number of esters is 1. The molecule has 5 nitrogen and oxygen atoms in total. The third-order valence-electron chi connectivity index (χ3n) is 9.41. The fraction of sp³-hybridized carbons (Fsp3) is 0.800. The van der Waals surface area contributed by atoms with E-state index in [1.54, 1.807) is 6.92 Å². The molecule has 0 amide bonds. The van der Waals surface area contributed by atoms with Crippen LogP contribution in [0.1, 0.15) is 85.0 Å². The molecule has 0 aromatic rings. The zero-order valence-electron chi connectivity index (χ0n) is 18.6. The Kier molecular flexibility index (Phi) is 5.61. The molecule has 4 aliphatic carbocycles. The standard InChI is InChI=1S/C25H36O5/c1-15(26)19-6-7-20-18-5-4-16-14-17(30-23(29)9-8-22(27)28)10-12-24(16,2)21(18)11-13-25(19,20)3/h6,16-18,20-21H,4-5,7-14H2,1-3H3,(H,27,28)/p-1/t16-,17-,18-,20-,21+,24-,25+/m0/s1. The van der Waals surface area contributed by atoms with Gasteiger partial charge >= 0.3 is 5.97 Å². The minimum atomic E-state index is -1.21. The second-order valence-corrected chi connectivity index (χ2v) is 10.8. The SMILES string of the molecule is CC(=O)C1=CC[C@H]2[C@@H]3CC[C@H]4C[C@@H](OC(=O)CCC(=O)[O-])CC[C@]4(C)[C@@H]3CC[C@]12C. The lowest BCUT2D eigenvalue weighted by Gasteiger charge is -2.60. The molecule has 0 saturated heterocycles. The highest BCUT2D eigenvalue weighted by atomic mass is 16.5. The average molecular weight is 416 g/mol. The van der Waals surface area contributed by atoms with Crippen LogP contribution < -0.4 is 5.11 Å². The summed E-state index contributed by atoms with van der Waals surface area (Å²) in [6, 6.07) is 0. The lowest BCUT2D eigenvalue weighted by Crippen LogP contribution is -2.54. The van der Waals surface area contributed by atoms with Crippen molar-refractivity contribution in [1.29, 1.82) is 0 Å². The maximum Gasteiger partial charge on any atom is 0.306 e. The quantitative estimate of drug-likeness (QED) is 0.641. The fourth-order valence-corrected chi connectivity index (χ4v) is 7.89. The number of hydrogen-bond acceptors (Lipinski definition) is 5. The van der Waals surface area contributed by atoms with E-state index in [1.807, 2.05) is 0 Å². The van der Waals surface area contributed by atoms with Crippen LogP contribution in [-0.4, -0.2) is 23.8 Å². The van der Waals surface area contributed by atoms with E-state index in [1.165, 1.54) is 12.8 Å². The predicted molar refractivity (Wildman–Crippen MR) is 110 cm³/mol. The minimum absolute atomic E-state index is 0.0575. The van der Waals surface area contributed by atoms with Crippen molar-refractivity contribution in [2.24, 2.45) is 34.5 Å².